The monoisotopic (exact) mass is 495 g/mol. The van der Waals surface area contributed by atoms with Gasteiger partial charge in [-0.25, -0.2) is 0 Å². The molecule has 0 radical (unpaired) electrons. The van der Waals surface area contributed by atoms with Crippen LogP contribution in [0.1, 0.15) is 67.2 Å². The summed E-state index contributed by atoms with van der Waals surface area (Å²) in [5.74, 6) is 1.86. The molecule has 6 heteroatoms. The van der Waals surface area contributed by atoms with Gasteiger partial charge < -0.3 is 15.5 Å². The lowest BCUT2D eigenvalue weighted by Crippen LogP contribution is -2.40. The Morgan fingerprint density at radius 2 is 1.70 bits per heavy atom. The first-order valence-corrected chi connectivity index (χ1v) is 11.0. The van der Waals surface area contributed by atoms with Crippen LogP contribution in [0.2, 0.25) is 0 Å². The van der Waals surface area contributed by atoms with Gasteiger partial charge in [0, 0.05) is 38.3 Å². The molecule has 0 aromatic rings. The first-order valence-electron chi connectivity index (χ1n) is 11.0. The van der Waals surface area contributed by atoms with Crippen LogP contribution in [0.3, 0.4) is 0 Å². The molecule has 0 aliphatic carbocycles. The maximum Gasteiger partial charge on any atom is 0.191 e. The van der Waals surface area contributed by atoms with E-state index in [9.17, 15) is 0 Å². The van der Waals surface area contributed by atoms with Gasteiger partial charge in [0.15, 0.2) is 5.96 Å². The summed E-state index contributed by atoms with van der Waals surface area (Å²) in [4.78, 5) is 9.87. The third-order valence-electron chi connectivity index (χ3n) is 5.51. The normalized spacial score (nSPS) is 16.9. The van der Waals surface area contributed by atoms with Crippen LogP contribution in [0.5, 0.6) is 0 Å². The van der Waals surface area contributed by atoms with Gasteiger partial charge in [-0.15, -0.1) is 24.0 Å². The fourth-order valence-corrected chi connectivity index (χ4v) is 3.88. The van der Waals surface area contributed by atoms with E-state index in [4.69, 9.17) is 4.99 Å². The van der Waals surface area contributed by atoms with Crippen LogP contribution in [-0.4, -0.2) is 73.7 Å². The second-order valence-electron chi connectivity index (χ2n) is 8.13. The molecular formula is C21H46IN5. The minimum Gasteiger partial charge on any atom is -0.357 e. The third-order valence-corrected chi connectivity index (χ3v) is 5.51. The molecule has 1 rings (SSSR count). The maximum absolute atomic E-state index is 4.77. The Kier molecular flexibility index (Phi) is 15.8. The van der Waals surface area contributed by atoms with Gasteiger partial charge in [0.05, 0.1) is 0 Å². The van der Waals surface area contributed by atoms with E-state index in [1.54, 1.807) is 0 Å². The Labute approximate surface area is 186 Å². The van der Waals surface area contributed by atoms with Crippen LogP contribution in [0.25, 0.3) is 0 Å². The van der Waals surface area contributed by atoms with E-state index in [0.29, 0.717) is 12.1 Å². The molecule has 1 aliphatic heterocycles. The first-order chi connectivity index (χ1) is 12.5. The highest BCUT2D eigenvalue weighted by Crippen LogP contribution is 2.19. The zero-order valence-corrected chi connectivity index (χ0v) is 21.1. The number of nitrogens with one attached hydrogen (secondary N) is 2. The molecule has 1 heterocycles. The number of rotatable bonds is 11. The van der Waals surface area contributed by atoms with Crippen molar-refractivity contribution in [3.05, 3.63) is 0 Å². The third kappa shape index (κ3) is 11.5. The number of hydrogen-bond donors (Lipinski definition) is 2. The Hall–Kier alpha value is -0.0800. The Bertz CT molecular complexity index is 371. The molecule has 162 valence electrons. The molecular weight excluding hydrogens is 449 g/mol. The van der Waals surface area contributed by atoms with Gasteiger partial charge >= 0.3 is 0 Å². The van der Waals surface area contributed by atoms with Gasteiger partial charge in [0.1, 0.15) is 0 Å². The molecule has 1 saturated heterocycles. The average molecular weight is 496 g/mol. The number of nitrogens with zero attached hydrogens (tertiary/aromatic N) is 3. The van der Waals surface area contributed by atoms with Gasteiger partial charge in [0.25, 0.3) is 0 Å². The summed E-state index contributed by atoms with van der Waals surface area (Å²) in [6.07, 6.45) is 5.08. The summed E-state index contributed by atoms with van der Waals surface area (Å²) >= 11 is 0. The van der Waals surface area contributed by atoms with Crippen molar-refractivity contribution in [1.29, 1.82) is 0 Å². The van der Waals surface area contributed by atoms with Gasteiger partial charge in [-0.05, 0) is 85.9 Å². The summed E-state index contributed by atoms with van der Waals surface area (Å²) in [7, 11) is 0. The van der Waals surface area contributed by atoms with E-state index in [2.05, 4.69) is 62.0 Å². The molecule has 0 unspecified atom stereocenters. The van der Waals surface area contributed by atoms with E-state index in [1.807, 2.05) is 0 Å². The quantitative estimate of drug-likeness (QED) is 0.198. The molecule has 1 aliphatic rings. The maximum atomic E-state index is 4.77. The lowest BCUT2D eigenvalue weighted by Gasteiger charge is -2.31. The number of piperidine rings is 1. The Balaban J connectivity index is 0.00000676. The zero-order chi connectivity index (χ0) is 19.4. The lowest BCUT2D eigenvalue weighted by molar-refractivity contribution is 0.174. The fraction of sp³-hybridized carbons (Fsp3) is 0.952. The highest BCUT2D eigenvalue weighted by molar-refractivity contribution is 14.0. The van der Waals surface area contributed by atoms with Crippen LogP contribution in [0.15, 0.2) is 4.99 Å². The van der Waals surface area contributed by atoms with Crippen LogP contribution in [0.4, 0.5) is 0 Å². The number of halogens is 1. The van der Waals surface area contributed by atoms with E-state index >= 15 is 0 Å². The molecule has 0 atom stereocenters. The van der Waals surface area contributed by atoms with Gasteiger partial charge in [0.2, 0.25) is 0 Å². The van der Waals surface area contributed by atoms with E-state index < -0.39 is 0 Å². The predicted octanol–water partition coefficient (Wildman–Crippen LogP) is 3.79. The molecule has 0 amide bonds. The molecule has 0 aromatic carbocycles. The Morgan fingerprint density at radius 1 is 1.07 bits per heavy atom. The molecule has 27 heavy (non-hydrogen) atoms. The standard InChI is InChI=1S/C21H45N5.HI/c1-7-22-21(23-13-9-15-26(18(3)4)19(5)6)24-14-10-20-11-16-25(8-2)17-12-20;/h18-20H,7-17H2,1-6H3,(H2,22,23,24);1H. The van der Waals surface area contributed by atoms with Crippen LogP contribution >= 0.6 is 24.0 Å². The van der Waals surface area contributed by atoms with E-state index in [-0.39, 0.29) is 24.0 Å². The Morgan fingerprint density at radius 3 is 2.22 bits per heavy atom. The molecule has 2 N–H and O–H groups in total. The van der Waals surface area contributed by atoms with Gasteiger partial charge in [-0.2, -0.15) is 0 Å². The molecule has 0 saturated carbocycles. The van der Waals surface area contributed by atoms with Crippen LogP contribution in [-0.2, 0) is 0 Å². The second kappa shape index (κ2) is 15.8. The van der Waals surface area contributed by atoms with Crippen molar-refractivity contribution in [2.45, 2.75) is 79.3 Å². The van der Waals surface area contributed by atoms with Crippen molar-refractivity contribution in [3.8, 4) is 0 Å². The molecule has 0 spiro atoms. The van der Waals surface area contributed by atoms with Crippen molar-refractivity contribution < 1.29 is 0 Å². The topological polar surface area (TPSA) is 42.9 Å². The highest BCUT2D eigenvalue weighted by atomic mass is 127. The largest absolute Gasteiger partial charge is 0.357 e. The van der Waals surface area contributed by atoms with Crippen molar-refractivity contribution in [3.63, 3.8) is 0 Å². The molecule has 0 aromatic heterocycles. The highest BCUT2D eigenvalue weighted by Gasteiger charge is 2.17. The molecule has 5 nitrogen and oxygen atoms in total. The first kappa shape index (κ1) is 26.9. The second-order valence-corrected chi connectivity index (χ2v) is 8.13. The van der Waals surface area contributed by atoms with Crippen molar-refractivity contribution in [2.24, 2.45) is 10.9 Å². The van der Waals surface area contributed by atoms with Gasteiger partial charge in [-0.3, -0.25) is 9.89 Å². The summed E-state index contributed by atoms with van der Waals surface area (Å²) in [6, 6.07) is 1.20. The fourth-order valence-electron chi connectivity index (χ4n) is 3.88. The minimum absolute atomic E-state index is 0. The van der Waals surface area contributed by atoms with E-state index in [0.717, 1.165) is 44.5 Å². The summed E-state index contributed by atoms with van der Waals surface area (Å²) < 4.78 is 0. The number of likely N-dealkylation sites (tertiary alicyclic amines) is 1. The van der Waals surface area contributed by atoms with Gasteiger partial charge in [-0.1, -0.05) is 6.92 Å². The minimum atomic E-state index is 0. The summed E-state index contributed by atoms with van der Waals surface area (Å²) in [5.41, 5.74) is 0. The van der Waals surface area contributed by atoms with Crippen LogP contribution < -0.4 is 10.6 Å². The van der Waals surface area contributed by atoms with E-state index in [1.165, 1.54) is 38.9 Å². The average Bonchev–Trinajstić information content (AvgIpc) is 2.61. The zero-order valence-electron chi connectivity index (χ0n) is 18.8. The number of hydrogen-bond acceptors (Lipinski definition) is 3. The number of aliphatic imine (C=N–C) groups is 1. The molecule has 1 fully saturated rings. The molecule has 0 bridgehead atoms. The SMILES string of the molecule is CCNC(=NCCCN(C(C)C)C(C)C)NCCC1CCN(CC)CC1.I. The summed E-state index contributed by atoms with van der Waals surface area (Å²) in [5, 5.41) is 6.93. The van der Waals surface area contributed by atoms with Crippen LogP contribution in [0, 0.1) is 5.92 Å². The van der Waals surface area contributed by atoms with Crippen molar-refractivity contribution in [2.75, 3.05) is 45.8 Å². The smallest absolute Gasteiger partial charge is 0.191 e. The van der Waals surface area contributed by atoms with Crippen molar-refractivity contribution in [1.82, 2.24) is 20.4 Å². The summed E-state index contributed by atoms with van der Waals surface area (Å²) in [6.45, 7) is 21.2. The van der Waals surface area contributed by atoms with Crippen molar-refractivity contribution >= 4 is 29.9 Å². The number of guanidine groups is 1. The predicted molar refractivity (Wildman–Crippen MR) is 130 cm³/mol. The lowest BCUT2D eigenvalue weighted by atomic mass is 9.93.